The van der Waals surface area contributed by atoms with E-state index < -0.39 is 5.60 Å². The summed E-state index contributed by atoms with van der Waals surface area (Å²) in [5, 5.41) is 0. The predicted molar refractivity (Wildman–Crippen MR) is 57.2 cm³/mol. The van der Waals surface area contributed by atoms with Gasteiger partial charge >= 0.3 is 12.5 Å². The lowest BCUT2D eigenvalue weighted by Crippen LogP contribution is -2.38. The molecule has 0 heterocycles. The average Bonchev–Trinajstić information content (AvgIpc) is 2.10. The Kier molecular flexibility index (Phi) is 5.11. The quantitative estimate of drug-likeness (QED) is 0.653. The third kappa shape index (κ3) is 6.76. The average molecular weight is 215 g/mol. The highest BCUT2D eigenvalue weighted by molar-refractivity contribution is 5.67. The minimum Gasteiger partial charge on any atom is -0.444 e. The molecule has 0 aliphatic rings. The van der Waals surface area contributed by atoms with Gasteiger partial charge < -0.3 is 14.5 Å². The van der Waals surface area contributed by atoms with E-state index in [0.717, 1.165) is 0 Å². The van der Waals surface area contributed by atoms with Gasteiger partial charge in [-0.05, 0) is 20.8 Å². The molecule has 0 rings (SSSR count). The molecule has 0 aromatic carbocycles. The Morgan fingerprint density at radius 1 is 1.27 bits per heavy atom. The lowest BCUT2D eigenvalue weighted by Gasteiger charge is -2.25. The summed E-state index contributed by atoms with van der Waals surface area (Å²) in [7, 11) is 3.24. The predicted octanol–water partition coefficient (Wildman–Crippen LogP) is 0.852. The number of rotatable bonds is 4. The standard InChI is InChI=1S/C10H19N2O3/c1-10(2,3)15-9(14)12(5)7-6-11(4)8-13/h6-7H2,1-5H3. The normalized spacial score (nSPS) is 10.7. The molecule has 0 saturated heterocycles. The van der Waals surface area contributed by atoms with E-state index in [4.69, 9.17) is 4.74 Å². The molecule has 0 bridgehead atoms. The molecule has 5 nitrogen and oxygen atoms in total. The molecule has 0 aromatic heterocycles. The largest absolute Gasteiger partial charge is 0.444 e. The Hall–Kier alpha value is -1.26. The number of carbonyl (C=O) groups is 1. The maximum absolute atomic E-state index is 11.4. The number of amides is 2. The van der Waals surface area contributed by atoms with Crippen LogP contribution in [-0.2, 0) is 9.53 Å². The zero-order valence-corrected chi connectivity index (χ0v) is 10.0. The summed E-state index contributed by atoms with van der Waals surface area (Å²) in [6, 6.07) is 0. The van der Waals surface area contributed by atoms with Crippen LogP contribution in [0.25, 0.3) is 0 Å². The van der Waals surface area contributed by atoms with Gasteiger partial charge in [-0.2, -0.15) is 0 Å². The Balaban J connectivity index is 3.95. The lowest BCUT2D eigenvalue weighted by molar-refractivity contribution is 0.0293. The van der Waals surface area contributed by atoms with Crippen molar-refractivity contribution < 1.29 is 14.3 Å². The fourth-order valence-electron chi connectivity index (χ4n) is 0.777. The van der Waals surface area contributed by atoms with Crippen LogP contribution >= 0.6 is 0 Å². The first-order valence-corrected chi connectivity index (χ1v) is 4.79. The molecular formula is C10H19N2O3. The first-order valence-electron chi connectivity index (χ1n) is 4.79. The van der Waals surface area contributed by atoms with Crippen LogP contribution in [0.2, 0.25) is 0 Å². The van der Waals surface area contributed by atoms with E-state index in [1.165, 1.54) is 9.80 Å². The van der Waals surface area contributed by atoms with Crippen LogP contribution in [0.4, 0.5) is 4.79 Å². The van der Waals surface area contributed by atoms with Crippen LogP contribution in [-0.4, -0.2) is 55.1 Å². The molecule has 2 amide bonds. The van der Waals surface area contributed by atoms with Crippen LogP contribution in [0, 0.1) is 0 Å². The minimum atomic E-state index is -0.492. The summed E-state index contributed by atoms with van der Waals surface area (Å²) in [6.45, 7) is 6.30. The highest BCUT2D eigenvalue weighted by Gasteiger charge is 2.19. The van der Waals surface area contributed by atoms with Crippen molar-refractivity contribution in [2.24, 2.45) is 0 Å². The lowest BCUT2D eigenvalue weighted by atomic mass is 10.2. The van der Waals surface area contributed by atoms with Crippen molar-refractivity contribution in [2.45, 2.75) is 26.4 Å². The van der Waals surface area contributed by atoms with Gasteiger partial charge in [0, 0.05) is 27.2 Å². The van der Waals surface area contributed by atoms with Crippen LogP contribution < -0.4 is 0 Å². The first kappa shape index (κ1) is 13.7. The molecule has 0 saturated carbocycles. The van der Waals surface area contributed by atoms with Gasteiger partial charge in [-0.15, -0.1) is 0 Å². The number of hydrogen-bond donors (Lipinski definition) is 0. The molecule has 0 N–H and O–H groups in total. The molecule has 0 aliphatic heterocycles. The smallest absolute Gasteiger partial charge is 0.410 e. The van der Waals surface area contributed by atoms with Gasteiger partial charge in [0.25, 0.3) is 0 Å². The Morgan fingerprint density at radius 3 is 2.20 bits per heavy atom. The molecule has 1 radical (unpaired) electrons. The molecule has 0 fully saturated rings. The van der Waals surface area contributed by atoms with E-state index in [9.17, 15) is 9.59 Å². The summed E-state index contributed by atoms with van der Waals surface area (Å²) in [6.07, 6.45) is 1.32. The second kappa shape index (κ2) is 5.58. The molecular weight excluding hydrogens is 196 g/mol. The van der Waals surface area contributed by atoms with Crippen molar-refractivity contribution in [1.29, 1.82) is 0 Å². The van der Waals surface area contributed by atoms with Crippen molar-refractivity contribution in [1.82, 2.24) is 9.80 Å². The van der Waals surface area contributed by atoms with Gasteiger partial charge in [-0.25, -0.2) is 4.79 Å². The van der Waals surface area contributed by atoms with Gasteiger partial charge in [-0.1, -0.05) is 0 Å². The van der Waals surface area contributed by atoms with E-state index >= 15 is 0 Å². The zero-order valence-electron chi connectivity index (χ0n) is 10.0. The Labute approximate surface area is 91.0 Å². The molecule has 0 spiro atoms. The topological polar surface area (TPSA) is 49.9 Å². The summed E-state index contributed by atoms with van der Waals surface area (Å²) < 4.78 is 5.14. The molecule has 5 heteroatoms. The van der Waals surface area contributed by atoms with Crippen molar-refractivity contribution in [3.05, 3.63) is 0 Å². The third-order valence-electron chi connectivity index (χ3n) is 1.63. The maximum Gasteiger partial charge on any atom is 0.410 e. The fourth-order valence-corrected chi connectivity index (χ4v) is 0.777. The van der Waals surface area contributed by atoms with E-state index in [-0.39, 0.29) is 6.09 Å². The van der Waals surface area contributed by atoms with E-state index in [1.54, 1.807) is 20.5 Å². The molecule has 15 heavy (non-hydrogen) atoms. The number of ether oxygens (including phenoxy) is 1. The second-order valence-electron chi connectivity index (χ2n) is 4.41. The molecule has 87 valence electrons. The molecule has 0 aliphatic carbocycles. The summed E-state index contributed by atoms with van der Waals surface area (Å²) >= 11 is 0. The van der Waals surface area contributed by atoms with Gasteiger partial charge in [0.15, 0.2) is 0 Å². The molecule has 0 unspecified atom stereocenters. The van der Waals surface area contributed by atoms with Gasteiger partial charge in [0.1, 0.15) is 5.60 Å². The van der Waals surface area contributed by atoms with Crippen LogP contribution in [0.15, 0.2) is 0 Å². The highest BCUT2D eigenvalue weighted by atomic mass is 16.6. The highest BCUT2D eigenvalue weighted by Crippen LogP contribution is 2.08. The number of carbonyl (C=O) groups excluding carboxylic acids is 2. The van der Waals surface area contributed by atoms with Crippen molar-refractivity contribution in [2.75, 3.05) is 27.2 Å². The Morgan fingerprint density at radius 2 is 1.80 bits per heavy atom. The van der Waals surface area contributed by atoms with E-state index in [2.05, 4.69) is 0 Å². The van der Waals surface area contributed by atoms with Gasteiger partial charge in [0.05, 0.1) is 0 Å². The summed E-state index contributed by atoms with van der Waals surface area (Å²) in [5.74, 6) is 0. The molecule has 0 aromatic rings. The number of likely N-dealkylation sites (N-methyl/N-ethyl adjacent to an activating group) is 2. The molecule has 0 atom stereocenters. The fraction of sp³-hybridized carbons (Fsp3) is 0.800. The van der Waals surface area contributed by atoms with E-state index in [0.29, 0.717) is 13.1 Å². The first-order chi connectivity index (χ1) is 6.76. The third-order valence-corrected chi connectivity index (χ3v) is 1.63. The summed E-state index contributed by atoms with van der Waals surface area (Å²) in [5.41, 5.74) is -0.492. The van der Waals surface area contributed by atoms with E-state index in [1.807, 2.05) is 20.8 Å². The SMILES string of the molecule is CN([C]=O)CCN(C)C(=O)OC(C)(C)C. The maximum atomic E-state index is 11.4. The Bertz CT molecular complexity index is 223. The van der Waals surface area contributed by atoms with Gasteiger partial charge in [0.2, 0.25) is 0 Å². The minimum absolute atomic E-state index is 0.387. The number of nitrogens with zero attached hydrogens (tertiary/aromatic N) is 2. The van der Waals surface area contributed by atoms with Crippen molar-refractivity contribution in [3.63, 3.8) is 0 Å². The van der Waals surface area contributed by atoms with Gasteiger partial charge in [-0.3, -0.25) is 4.79 Å². The zero-order chi connectivity index (χ0) is 12.1. The summed E-state index contributed by atoms with van der Waals surface area (Å²) in [4.78, 5) is 24.4. The van der Waals surface area contributed by atoms with Crippen LogP contribution in [0.1, 0.15) is 20.8 Å². The monoisotopic (exact) mass is 215 g/mol. The van der Waals surface area contributed by atoms with Crippen molar-refractivity contribution >= 4 is 12.5 Å². The second-order valence-corrected chi connectivity index (χ2v) is 4.41. The van der Waals surface area contributed by atoms with Crippen LogP contribution in [0.3, 0.4) is 0 Å². The van der Waals surface area contributed by atoms with Crippen LogP contribution in [0.5, 0.6) is 0 Å². The van der Waals surface area contributed by atoms with Crippen molar-refractivity contribution in [3.8, 4) is 0 Å². The number of hydrogen-bond acceptors (Lipinski definition) is 3.